The minimum absolute atomic E-state index is 0.120. The summed E-state index contributed by atoms with van der Waals surface area (Å²) in [4.78, 5) is 12.4. The number of hydrogen-bond acceptors (Lipinski definition) is 1. The number of carbonyl (C=O) groups excluding carboxylic acids is 1. The molecule has 0 bridgehead atoms. The lowest BCUT2D eigenvalue weighted by Gasteiger charge is -2.11. The molecular formula is C15H14BrClN2O. The highest BCUT2D eigenvalue weighted by molar-refractivity contribution is 9.10. The van der Waals surface area contributed by atoms with Crippen LogP contribution < -0.4 is 5.32 Å². The average Bonchev–Trinajstić information content (AvgIpc) is 3.17. The smallest absolute Gasteiger partial charge is 0.272 e. The van der Waals surface area contributed by atoms with Crippen molar-refractivity contribution in [2.45, 2.75) is 25.8 Å². The highest BCUT2D eigenvalue weighted by Crippen LogP contribution is 2.37. The van der Waals surface area contributed by atoms with Gasteiger partial charge in [0.05, 0.1) is 5.02 Å². The van der Waals surface area contributed by atoms with Crippen LogP contribution in [0.1, 0.15) is 34.9 Å². The van der Waals surface area contributed by atoms with E-state index in [9.17, 15) is 4.79 Å². The summed E-state index contributed by atoms with van der Waals surface area (Å²) < 4.78 is 2.92. The van der Waals surface area contributed by atoms with Gasteiger partial charge in [-0.05, 0) is 43.5 Å². The zero-order chi connectivity index (χ0) is 14.3. The van der Waals surface area contributed by atoms with Crippen LogP contribution in [0.25, 0.3) is 0 Å². The lowest BCUT2D eigenvalue weighted by Crippen LogP contribution is -2.16. The molecular weight excluding hydrogens is 340 g/mol. The molecule has 1 aromatic heterocycles. The van der Waals surface area contributed by atoms with E-state index >= 15 is 0 Å². The van der Waals surface area contributed by atoms with Crippen LogP contribution in [0.3, 0.4) is 0 Å². The van der Waals surface area contributed by atoms with Gasteiger partial charge in [-0.1, -0.05) is 33.6 Å². The molecule has 1 amide bonds. The first kappa shape index (κ1) is 13.7. The lowest BCUT2D eigenvalue weighted by molar-refractivity contribution is 0.101. The van der Waals surface area contributed by atoms with Gasteiger partial charge in [-0.25, -0.2) is 0 Å². The lowest BCUT2D eigenvalue weighted by atomic mass is 10.2. The van der Waals surface area contributed by atoms with E-state index in [4.69, 9.17) is 11.6 Å². The Bertz CT molecular complexity index is 677. The van der Waals surface area contributed by atoms with Crippen molar-refractivity contribution in [2.24, 2.45) is 0 Å². The van der Waals surface area contributed by atoms with Crippen LogP contribution in [0.2, 0.25) is 5.02 Å². The van der Waals surface area contributed by atoms with Gasteiger partial charge < -0.3 is 9.88 Å². The van der Waals surface area contributed by atoms with Gasteiger partial charge in [0.2, 0.25) is 0 Å². The van der Waals surface area contributed by atoms with Crippen molar-refractivity contribution in [1.29, 1.82) is 0 Å². The molecule has 1 heterocycles. The Hall–Kier alpha value is -1.26. The highest BCUT2D eigenvalue weighted by Gasteiger charge is 2.28. The molecule has 3 nitrogen and oxygen atoms in total. The molecule has 0 atom stereocenters. The van der Waals surface area contributed by atoms with E-state index in [0.29, 0.717) is 16.8 Å². The first-order valence-electron chi connectivity index (χ1n) is 6.49. The molecule has 104 valence electrons. The van der Waals surface area contributed by atoms with E-state index in [2.05, 4.69) is 21.2 Å². The van der Waals surface area contributed by atoms with Gasteiger partial charge in [-0.2, -0.15) is 0 Å². The number of carbonyl (C=O) groups is 1. The Morgan fingerprint density at radius 2 is 2.15 bits per heavy atom. The van der Waals surface area contributed by atoms with E-state index in [1.807, 2.05) is 35.9 Å². The van der Waals surface area contributed by atoms with E-state index in [-0.39, 0.29) is 5.91 Å². The molecule has 0 spiro atoms. The third kappa shape index (κ3) is 2.76. The number of amides is 1. The molecule has 0 unspecified atom stereocenters. The van der Waals surface area contributed by atoms with Crippen molar-refractivity contribution >= 4 is 39.1 Å². The first-order chi connectivity index (χ1) is 9.54. The first-order valence-corrected chi connectivity index (χ1v) is 7.66. The normalized spacial score (nSPS) is 14.3. The van der Waals surface area contributed by atoms with Gasteiger partial charge in [0, 0.05) is 22.4 Å². The predicted octanol–water partition coefficient (Wildman–Crippen LogP) is 4.80. The van der Waals surface area contributed by atoms with E-state index in [1.165, 1.54) is 0 Å². The van der Waals surface area contributed by atoms with Crippen molar-refractivity contribution in [3.05, 3.63) is 51.2 Å². The van der Waals surface area contributed by atoms with Gasteiger partial charge in [0.1, 0.15) is 5.69 Å². The SMILES string of the molecule is Cc1ccc(Br)cc1NC(=O)c1cc(Cl)cn1C1CC1. The minimum Gasteiger partial charge on any atom is -0.339 e. The van der Waals surface area contributed by atoms with Crippen LogP contribution >= 0.6 is 27.5 Å². The molecule has 1 aromatic carbocycles. The van der Waals surface area contributed by atoms with Gasteiger partial charge in [0.25, 0.3) is 5.91 Å². The largest absolute Gasteiger partial charge is 0.339 e. The number of hydrogen-bond donors (Lipinski definition) is 1. The predicted molar refractivity (Wildman–Crippen MR) is 84.5 cm³/mol. The summed E-state index contributed by atoms with van der Waals surface area (Å²) in [5.41, 5.74) is 2.46. The number of anilines is 1. The van der Waals surface area contributed by atoms with Gasteiger partial charge in [-0.15, -0.1) is 0 Å². The number of nitrogens with one attached hydrogen (secondary N) is 1. The Morgan fingerprint density at radius 1 is 1.40 bits per heavy atom. The summed E-state index contributed by atoms with van der Waals surface area (Å²) >= 11 is 9.45. The van der Waals surface area contributed by atoms with Crippen LogP contribution in [-0.4, -0.2) is 10.5 Å². The molecule has 1 fully saturated rings. The maximum Gasteiger partial charge on any atom is 0.272 e. The molecule has 0 saturated heterocycles. The van der Waals surface area contributed by atoms with Gasteiger partial charge in [-0.3, -0.25) is 4.79 Å². The molecule has 0 radical (unpaired) electrons. The van der Waals surface area contributed by atoms with Crippen molar-refractivity contribution in [3.63, 3.8) is 0 Å². The second-order valence-corrected chi connectivity index (χ2v) is 6.45. The fourth-order valence-corrected chi connectivity index (χ4v) is 2.77. The van der Waals surface area contributed by atoms with Crippen LogP contribution in [0.4, 0.5) is 5.69 Å². The second kappa shape index (κ2) is 5.26. The van der Waals surface area contributed by atoms with Crippen molar-refractivity contribution in [2.75, 3.05) is 5.32 Å². The minimum atomic E-state index is -0.120. The zero-order valence-corrected chi connectivity index (χ0v) is 13.3. The Morgan fingerprint density at radius 3 is 2.85 bits per heavy atom. The standard InChI is InChI=1S/C15H14BrClN2O/c1-9-2-3-10(16)6-13(9)18-15(20)14-7-11(17)8-19(14)12-4-5-12/h2-3,6-8,12H,4-5H2,1H3,(H,18,20). The molecule has 1 N–H and O–H groups in total. The summed E-state index contributed by atoms with van der Waals surface area (Å²) in [6.07, 6.45) is 4.06. The molecule has 20 heavy (non-hydrogen) atoms. The van der Waals surface area contributed by atoms with Crippen LogP contribution in [0.15, 0.2) is 34.9 Å². The summed E-state index contributed by atoms with van der Waals surface area (Å²) in [5.74, 6) is -0.120. The maximum absolute atomic E-state index is 12.4. The van der Waals surface area contributed by atoms with E-state index in [1.54, 1.807) is 6.07 Å². The molecule has 1 aliphatic rings. The van der Waals surface area contributed by atoms with Crippen LogP contribution in [0, 0.1) is 6.92 Å². The topological polar surface area (TPSA) is 34.0 Å². The molecule has 1 saturated carbocycles. The summed E-state index contributed by atoms with van der Waals surface area (Å²) in [6, 6.07) is 7.97. The quantitative estimate of drug-likeness (QED) is 0.845. The number of rotatable bonds is 3. The third-order valence-electron chi connectivity index (χ3n) is 3.44. The van der Waals surface area contributed by atoms with E-state index in [0.717, 1.165) is 28.6 Å². The summed E-state index contributed by atoms with van der Waals surface area (Å²) in [7, 11) is 0. The molecule has 5 heteroatoms. The Labute approximate surface area is 131 Å². The van der Waals surface area contributed by atoms with Crippen LogP contribution in [0.5, 0.6) is 0 Å². The Kier molecular flexibility index (Phi) is 3.61. The molecule has 0 aliphatic heterocycles. The molecule has 1 aliphatic carbocycles. The van der Waals surface area contributed by atoms with Crippen molar-refractivity contribution in [3.8, 4) is 0 Å². The number of aryl methyl sites for hydroxylation is 1. The fraction of sp³-hybridized carbons (Fsp3) is 0.267. The van der Waals surface area contributed by atoms with Crippen LogP contribution in [-0.2, 0) is 0 Å². The number of benzene rings is 1. The molecule has 2 aromatic rings. The highest BCUT2D eigenvalue weighted by atomic mass is 79.9. The van der Waals surface area contributed by atoms with Crippen molar-refractivity contribution in [1.82, 2.24) is 4.57 Å². The van der Waals surface area contributed by atoms with E-state index < -0.39 is 0 Å². The Balaban J connectivity index is 1.87. The molecule has 3 rings (SSSR count). The second-order valence-electron chi connectivity index (χ2n) is 5.10. The summed E-state index contributed by atoms with van der Waals surface area (Å²) in [6.45, 7) is 1.97. The monoisotopic (exact) mass is 352 g/mol. The average molecular weight is 354 g/mol. The van der Waals surface area contributed by atoms with Gasteiger partial charge >= 0.3 is 0 Å². The van der Waals surface area contributed by atoms with Gasteiger partial charge in [0.15, 0.2) is 0 Å². The zero-order valence-electron chi connectivity index (χ0n) is 11.0. The number of halogens is 2. The summed E-state index contributed by atoms with van der Waals surface area (Å²) in [5, 5.41) is 3.56. The number of aromatic nitrogens is 1. The van der Waals surface area contributed by atoms with Crippen molar-refractivity contribution < 1.29 is 4.79 Å². The fourth-order valence-electron chi connectivity index (χ4n) is 2.20. The number of nitrogens with zero attached hydrogens (tertiary/aromatic N) is 1. The third-order valence-corrected chi connectivity index (χ3v) is 4.14. The maximum atomic E-state index is 12.4.